The average molecular weight is 1820 g/mol. The Hall–Kier alpha value is -11.6. The van der Waals surface area contributed by atoms with Gasteiger partial charge in [0.15, 0.2) is 0 Å². The van der Waals surface area contributed by atoms with Crippen LogP contribution in [-0.4, -0.2) is 135 Å². The van der Waals surface area contributed by atoms with Crippen LogP contribution in [0, 0.1) is 69.6 Å². The number of carboxylic acids is 1. The summed E-state index contributed by atoms with van der Waals surface area (Å²) in [5.41, 5.74) is 0.461. The number of ketones is 1. The number of aromatic amines is 1. The molecule has 129 heavy (non-hydrogen) atoms. The molecule has 6 atom stereocenters. The molecule has 5 aromatic carbocycles. The van der Waals surface area contributed by atoms with E-state index in [1.807, 2.05) is 35.5 Å². The molecule has 5 aliphatic rings. The summed E-state index contributed by atoms with van der Waals surface area (Å²) in [6.45, 7) is 19.9. The largest absolute Gasteiger partial charge is 0.534 e. The van der Waals surface area contributed by atoms with Gasteiger partial charge in [-0.2, -0.15) is 36.9 Å². The smallest absolute Gasteiger partial charge is 0.481 e. The molecule has 34 heteroatoms. The molecule has 4 aromatic heterocycles. The number of carbonyl (C=O) groups excluding carboxylic acids is 6. The minimum absolute atomic E-state index is 0.0247. The third kappa shape index (κ3) is 20.1. The molecule has 2 N–H and O–H groups in total. The first kappa shape index (κ1) is 99.6. The first-order chi connectivity index (χ1) is 61.2. The summed E-state index contributed by atoms with van der Waals surface area (Å²) in [5, 5.41) is 26.4. The number of methoxy groups -OCH3 is 4. The zero-order valence-electron chi connectivity index (χ0n) is 75.1. The van der Waals surface area contributed by atoms with Gasteiger partial charge in [-0.3, -0.25) is 57.5 Å². The lowest BCUT2D eigenvalue weighted by atomic mass is 9.72. The fraction of sp³-hybridized carbons (Fsp3) is 0.484. The SMILES string of the molecule is CCOC(=O)C1CCC(C(=O)OC)(c2cccc(F)c2C)CCC1=O.CCn1[nH]c2c(c1=O)CCC(C(=O)OC)(c1cccc(F)c1C)CC2.CCn1cc2c(n1)CCC(C(=O)O)(c1cccc(F)c1C)CC2.CCn1cc2c(n1)CCC(C(=O)OC)(c1cccc(F)c1C)CC2.CCn1nc2c(c1OS(=O)(=O)C(F)(F)F)CCC(C(=O)OC)(c1cccc(F)c1C)CC2. The molecular weight excluding hydrogens is 1710 g/mol. The highest BCUT2D eigenvalue weighted by Gasteiger charge is 2.53. The van der Waals surface area contributed by atoms with Gasteiger partial charge >= 0.3 is 51.4 Å². The molecule has 9 aromatic rings. The summed E-state index contributed by atoms with van der Waals surface area (Å²) in [6, 6.07) is 23.4. The van der Waals surface area contributed by atoms with Crippen LogP contribution in [0.5, 0.6) is 5.88 Å². The molecule has 6 unspecified atom stereocenters. The van der Waals surface area contributed by atoms with E-state index in [2.05, 4.69) is 37.7 Å². The number of ether oxygens (including phenoxy) is 5. The second-order valence-corrected chi connectivity index (χ2v) is 34.7. The number of alkyl halides is 3. The normalized spacial score (nSPS) is 20.7. The number of aromatic nitrogens is 8. The van der Waals surface area contributed by atoms with Crippen LogP contribution in [0.15, 0.2) is 108 Å². The molecule has 0 amide bonds. The van der Waals surface area contributed by atoms with E-state index in [1.54, 1.807) is 88.7 Å². The Morgan fingerprint density at radius 2 is 0.806 bits per heavy atom. The molecule has 0 bridgehead atoms. The first-order valence-corrected chi connectivity index (χ1v) is 44.6. The molecule has 25 nitrogen and oxygen atoms in total. The van der Waals surface area contributed by atoms with Gasteiger partial charge in [-0.05, 0) is 288 Å². The third-order valence-electron chi connectivity index (χ3n) is 26.5. The fourth-order valence-electron chi connectivity index (χ4n) is 19.1. The predicted octanol–water partition coefficient (Wildman–Crippen LogP) is 15.7. The van der Waals surface area contributed by atoms with E-state index in [1.165, 1.54) is 83.4 Å². The molecule has 5 aliphatic carbocycles. The zero-order chi connectivity index (χ0) is 94.6. The summed E-state index contributed by atoms with van der Waals surface area (Å²) in [4.78, 5) is 100. The second-order valence-electron chi connectivity index (χ2n) is 33.1. The summed E-state index contributed by atoms with van der Waals surface area (Å²) in [6.07, 6.45) is 11.6. The van der Waals surface area contributed by atoms with E-state index in [4.69, 9.17) is 23.7 Å². The van der Waals surface area contributed by atoms with Crippen molar-refractivity contribution >= 4 is 51.7 Å². The van der Waals surface area contributed by atoms with Crippen LogP contribution < -0.4 is 9.74 Å². The van der Waals surface area contributed by atoms with Gasteiger partial charge in [-0.25, -0.2) is 26.6 Å². The number of halogens is 8. The van der Waals surface area contributed by atoms with Crippen LogP contribution in [-0.2, 0) is 172 Å². The van der Waals surface area contributed by atoms with Crippen molar-refractivity contribution < 1.29 is 110 Å². The number of carboxylic acid groups (broad SMARTS) is 1. The molecule has 14 rings (SSSR count). The summed E-state index contributed by atoms with van der Waals surface area (Å²) < 4.78 is 169. The van der Waals surface area contributed by atoms with E-state index in [0.717, 1.165) is 58.0 Å². The Labute approximate surface area is 744 Å². The van der Waals surface area contributed by atoms with E-state index in [-0.39, 0.29) is 116 Å². The summed E-state index contributed by atoms with van der Waals surface area (Å²) in [7, 11) is -0.687. The number of carbonyl (C=O) groups is 7. The van der Waals surface area contributed by atoms with Gasteiger partial charge in [0, 0.05) is 61.8 Å². The standard InChI is InChI=1S/C20H22F4N2O5S.C19H23FN2O3.C19H23FN2O2.C19H23FO5.C18H21FN2O2/c1-4-26-17(31-32(28,29)20(22,23)24)13-8-10-19(18(27)30-3,11-9-16(13)25-26)14-6-5-7-15(21)12(14)2;1-4-22-17(23)13-8-10-19(18(24)25-3,11-9-16(13)21-22)14-6-5-7-15(20)12(14)2;1-4-22-12-14-8-10-19(18(23)24-3,11-9-17(14)21-22)15-6-5-7-16(20)13(15)2;1-4-25-17(22)13-8-10-19(18(23)24-3,11-9-16(13)21)14-6-5-7-15(20)12(14)2;1-3-21-11-13-7-9-18(17(22)23,10-8-16(13)20-21)14-5-4-6-15(19)12(14)2/h5-7H,4,8-11H2,1-3H3;5-7,21H,4,8-11H2,1-3H3;5-7,12H,4,8-11H2,1-3H3;5-7,13H,4,8-11H2,1-3H3;4-6,11H,3,7-10H2,1-2H3,(H,22,23). The molecule has 0 aliphatic heterocycles. The molecular formula is C95H112F8N8O17S. The Bertz CT molecular complexity index is 5780. The van der Waals surface area contributed by atoms with Gasteiger partial charge in [-0.15, -0.1) is 0 Å². The quantitative estimate of drug-likeness (QED) is 0.0118. The van der Waals surface area contributed by atoms with Crippen LogP contribution >= 0.6 is 0 Å². The van der Waals surface area contributed by atoms with E-state index >= 15 is 0 Å². The number of fused-ring (bicyclic) bond motifs is 4. The lowest BCUT2D eigenvalue weighted by molar-refractivity contribution is -0.152. The van der Waals surface area contributed by atoms with Crippen LogP contribution in [0.1, 0.15) is 212 Å². The van der Waals surface area contributed by atoms with Crippen molar-refractivity contribution in [1.82, 2.24) is 39.1 Å². The second kappa shape index (κ2) is 41.5. The summed E-state index contributed by atoms with van der Waals surface area (Å²) in [5.74, 6) is -6.80. The molecule has 696 valence electrons. The molecule has 4 heterocycles. The van der Waals surface area contributed by atoms with Crippen molar-refractivity contribution in [2.24, 2.45) is 5.92 Å². The number of Topliss-reactive ketones (excluding diaryl/α,β-unsaturated/α-hetero) is 1. The average Bonchev–Trinajstić information content (AvgIpc) is 1.66. The van der Waals surface area contributed by atoms with E-state index < -0.39 is 90.0 Å². The minimum Gasteiger partial charge on any atom is -0.481 e. The number of nitrogens with zero attached hydrogens (tertiary/aromatic N) is 7. The number of benzene rings is 5. The number of rotatable bonds is 18. The monoisotopic (exact) mass is 1820 g/mol. The zero-order valence-corrected chi connectivity index (χ0v) is 75.9. The van der Waals surface area contributed by atoms with Crippen molar-refractivity contribution in [3.05, 3.63) is 243 Å². The third-order valence-corrected chi connectivity index (χ3v) is 27.4. The predicted molar refractivity (Wildman–Crippen MR) is 460 cm³/mol. The van der Waals surface area contributed by atoms with Crippen LogP contribution in [0.25, 0.3) is 0 Å². The molecule has 1 saturated carbocycles. The van der Waals surface area contributed by atoms with Crippen LogP contribution in [0.4, 0.5) is 35.1 Å². The number of aryl methyl sites for hydroxylation is 10. The Morgan fingerprint density at radius 1 is 0.457 bits per heavy atom. The van der Waals surface area contributed by atoms with Gasteiger partial charge in [0.25, 0.3) is 5.56 Å². The van der Waals surface area contributed by atoms with Crippen LogP contribution in [0.3, 0.4) is 0 Å². The lowest BCUT2D eigenvalue weighted by Gasteiger charge is -2.32. The first-order valence-electron chi connectivity index (χ1n) is 43.2. The number of hydrogen-bond acceptors (Lipinski definition) is 19. The van der Waals surface area contributed by atoms with Gasteiger partial charge in [-0.1, -0.05) is 60.7 Å². The van der Waals surface area contributed by atoms with Gasteiger partial charge in [0.2, 0.25) is 5.88 Å². The highest BCUT2D eigenvalue weighted by atomic mass is 32.2. The molecule has 0 spiro atoms. The van der Waals surface area contributed by atoms with Gasteiger partial charge in [0.1, 0.15) is 40.8 Å². The van der Waals surface area contributed by atoms with Crippen molar-refractivity contribution in [3.63, 3.8) is 0 Å². The maximum absolute atomic E-state index is 14.3. The molecule has 1 fully saturated rings. The van der Waals surface area contributed by atoms with Crippen molar-refractivity contribution in [3.8, 4) is 5.88 Å². The highest BCUT2D eigenvalue weighted by molar-refractivity contribution is 7.88. The van der Waals surface area contributed by atoms with Crippen LogP contribution in [0.2, 0.25) is 0 Å². The summed E-state index contributed by atoms with van der Waals surface area (Å²) >= 11 is 0. The van der Waals surface area contributed by atoms with Gasteiger partial charge in [0.05, 0.1) is 79.2 Å². The minimum atomic E-state index is -5.91. The molecule has 0 saturated heterocycles. The maximum atomic E-state index is 14.3. The Balaban J connectivity index is 0.000000169. The lowest BCUT2D eigenvalue weighted by Crippen LogP contribution is -2.38. The number of hydrogen-bond donors (Lipinski definition) is 2. The Kier molecular flexibility index (Phi) is 32.0. The fourth-order valence-corrected chi connectivity index (χ4v) is 19.6. The van der Waals surface area contributed by atoms with E-state index in [0.29, 0.717) is 127 Å². The van der Waals surface area contributed by atoms with E-state index in [9.17, 15) is 87.0 Å². The number of esters is 5. The van der Waals surface area contributed by atoms with Crippen molar-refractivity contribution in [2.45, 2.75) is 256 Å². The number of nitrogens with one attached hydrogen (secondary N) is 1. The number of H-pyrrole nitrogens is 1. The highest BCUT2D eigenvalue weighted by Crippen LogP contribution is 2.48. The maximum Gasteiger partial charge on any atom is 0.534 e. The van der Waals surface area contributed by atoms with Gasteiger partial charge < -0.3 is 33.0 Å². The number of aliphatic carboxylic acids is 1. The van der Waals surface area contributed by atoms with Crippen molar-refractivity contribution in [2.75, 3.05) is 35.0 Å². The topological polar surface area (TPSA) is 320 Å². The van der Waals surface area contributed by atoms with Crippen molar-refractivity contribution in [1.29, 1.82) is 0 Å². The molecule has 0 radical (unpaired) electrons. The Morgan fingerprint density at radius 3 is 1.18 bits per heavy atom.